The number of hydrogen-bond donors (Lipinski definition) is 2. The lowest BCUT2D eigenvalue weighted by atomic mass is 10.3. The Morgan fingerprint density at radius 1 is 1.35 bits per heavy atom. The molecule has 0 atom stereocenters. The van der Waals surface area contributed by atoms with Crippen molar-refractivity contribution in [2.45, 2.75) is 10.7 Å². The second-order valence-corrected chi connectivity index (χ2v) is 5.54. The van der Waals surface area contributed by atoms with E-state index in [1.54, 1.807) is 0 Å². The standard InChI is InChI=1S/C12H12F2N2O3S/c1-2-7-15-8-11(17)16-9-5-3-4-6-10(9)20(18,19)12(13)14/h1,3-6,12,15H,7-8H2,(H,16,17). The molecule has 1 amide bonds. The molecule has 0 unspecified atom stereocenters. The number of halogens is 2. The topological polar surface area (TPSA) is 75.3 Å². The Balaban J connectivity index is 2.93. The molecule has 0 bridgehead atoms. The summed E-state index contributed by atoms with van der Waals surface area (Å²) in [5.74, 6) is -1.89. The molecule has 0 spiro atoms. The molecule has 0 aliphatic carbocycles. The summed E-state index contributed by atoms with van der Waals surface area (Å²) in [6.45, 7) is -0.00232. The Morgan fingerprint density at radius 3 is 2.60 bits per heavy atom. The molecule has 0 aromatic heterocycles. The van der Waals surface area contributed by atoms with Crippen LogP contribution in [0.2, 0.25) is 0 Å². The SMILES string of the molecule is C#CCNCC(=O)Nc1ccccc1S(=O)(=O)C(F)F. The van der Waals surface area contributed by atoms with E-state index in [1.165, 1.54) is 18.2 Å². The predicted octanol–water partition coefficient (Wildman–Crippen LogP) is 0.844. The first-order valence-corrected chi connectivity index (χ1v) is 6.99. The third-order valence-electron chi connectivity index (χ3n) is 2.21. The lowest BCUT2D eigenvalue weighted by Crippen LogP contribution is -2.29. The van der Waals surface area contributed by atoms with E-state index in [1.807, 2.05) is 0 Å². The maximum absolute atomic E-state index is 12.5. The van der Waals surface area contributed by atoms with E-state index < -0.39 is 26.4 Å². The molecule has 108 valence electrons. The average Bonchev–Trinajstić information content (AvgIpc) is 2.39. The number of rotatable bonds is 6. The number of benzene rings is 1. The van der Waals surface area contributed by atoms with E-state index in [4.69, 9.17) is 6.42 Å². The monoisotopic (exact) mass is 302 g/mol. The number of anilines is 1. The summed E-state index contributed by atoms with van der Waals surface area (Å²) in [5, 5.41) is 4.84. The number of para-hydroxylation sites is 1. The van der Waals surface area contributed by atoms with Gasteiger partial charge in [-0.1, -0.05) is 18.1 Å². The third-order valence-corrected chi connectivity index (χ3v) is 3.65. The minimum atomic E-state index is -4.78. The van der Waals surface area contributed by atoms with E-state index in [0.29, 0.717) is 0 Å². The zero-order chi connectivity index (χ0) is 15.2. The van der Waals surface area contributed by atoms with Gasteiger partial charge in [-0.2, -0.15) is 8.78 Å². The molecule has 2 N–H and O–H groups in total. The zero-order valence-corrected chi connectivity index (χ0v) is 11.1. The summed E-state index contributed by atoms with van der Waals surface area (Å²) >= 11 is 0. The van der Waals surface area contributed by atoms with Crippen molar-refractivity contribution in [1.82, 2.24) is 5.32 Å². The molecule has 5 nitrogen and oxygen atoms in total. The normalized spacial score (nSPS) is 11.1. The van der Waals surface area contributed by atoms with Gasteiger partial charge in [0, 0.05) is 0 Å². The fourth-order valence-electron chi connectivity index (χ4n) is 1.36. The van der Waals surface area contributed by atoms with Crippen molar-refractivity contribution in [3.05, 3.63) is 24.3 Å². The molecule has 1 aromatic carbocycles. The van der Waals surface area contributed by atoms with Gasteiger partial charge in [-0.15, -0.1) is 6.42 Å². The molecule has 0 heterocycles. The van der Waals surface area contributed by atoms with Gasteiger partial charge in [-0.05, 0) is 12.1 Å². The number of nitrogens with one attached hydrogen (secondary N) is 2. The first-order chi connectivity index (χ1) is 9.39. The van der Waals surface area contributed by atoms with Crippen molar-refractivity contribution in [2.75, 3.05) is 18.4 Å². The van der Waals surface area contributed by atoms with Crippen molar-refractivity contribution in [3.8, 4) is 12.3 Å². The van der Waals surface area contributed by atoms with Gasteiger partial charge in [-0.25, -0.2) is 8.42 Å². The highest BCUT2D eigenvalue weighted by Gasteiger charge is 2.29. The summed E-state index contributed by atoms with van der Waals surface area (Å²) in [5.41, 5.74) is -0.194. The quantitative estimate of drug-likeness (QED) is 0.603. The number of terminal acetylenes is 1. The summed E-state index contributed by atoms with van der Waals surface area (Å²) in [6, 6.07) is 4.96. The Hall–Kier alpha value is -1.98. The maximum Gasteiger partial charge on any atom is 0.341 e. The lowest BCUT2D eigenvalue weighted by molar-refractivity contribution is -0.115. The molecule has 0 saturated heterocycles. The van der Waals surface area contributed by atoms with Crippen LogP contribution >= 0.6 is 0 Å². The second-order valence-electron chi connectivity index (χ2n) is 3.66. The van der Waals surface area contributed by atoms with Crippen molar-refractivity contribution >= 4 is 21.4 Å². The van der Waals surface area contributed by atoms with Crippen LogP contribution in [0.5, 0.6) is 0 Å². The van der Waals surface area contributed by atoms with Crippen molar-refractivity contribution in [2.24, 2.45) is 0 Å². The van der Waals surface area contributed by atoms with Crippen LogP contribution in [-0.2, 0) is 14.6 Å². The number of sulfone groups is 1. The van der Waals surface area contributed by atoms with Gasteiger partial charge in [0.25, 0.3) is 0 Å². The number of amides is 1. The lowest BCUT2D eigenvalue weighted by Gasteiger charge is -2.11. The Bertz CT molecular complexity index is 624. The number of carbonyl (C=O) groups excluding carboxylic acids is 1. The average molecular weight is 302 g/mol. The minimum Gasteiger partial charge on any atom is -0.324 e. The minimum absolute atomic E-state index is 0.157. The Labute approximate surface area is 115 Å². The summed E-state index contributed by atoms with van der Waals surface area (Å²) in [4.78, 5) is 10.9. The first-order valence-electron chi connectivity index (χ1n) is 5.44. The largest absolute Gasteiger partial charge is 0.341 e. The Morgan fingerprint density at radius 2 is 2.00 bits per heavy atom. The van der Waals surface area contributed by atoms with Crippen LogP contribution in [0, 0.1) is 12.3 Å². The van der Waals surface area contributed by atoms with Gasteiger partial charge < -0.3 is 5.32 Å². The smallest absolute Gasteiger partial charge is 0.324 e. The Kier molecular flexibility index (Phi) is 5.61. The molecule has 20 heavy (non-hydrogen) atoms. The molecule has 1 aromatic rings. The summed E-state index contributed by atoms with van der Waals surface area (Å²) < 4.78 is 48.0. The van der Waals surface area contributed by atoms with Gasteiger partial charge in [-0.3, -0.25) is 10.1 Å². The van der Waals surface area contributed by atoms with Crippen LogP contribution in [0.3, 0.4) is 0 Å². The predicted molar refractivity (Wildman–Crippen MR) is 70.0 cm³/mol. The molecule has 0 aliphatic rings. The van der Waals surface area contributed by atoms with Crippen LogP contribution in [0.25, 0.3) is 0 Å². The molecular formula is C12H12F2N2O3S. The van der Waals surface area contributed by atoms with Crippen molar-refractivity contribution < 1.29 is 22.0 Å². The van der Waals surface area contributed by atoms with Crippen molar-refractivity contribution in [1.29, 1.82) is 0 Å². The highest BCUT2D eigenvalue weighted by molar-refractivity contribution is 7.91. The zero-order valence-electron chi connectivity index (χ0n) is 10.3. The number of alkyl halides is 2. The fraction of sp³-hybridized carbons (Fsp3) is 0.250. The molecule has 0 radical (unpaired) electrons. The van der Waals surface area contributed by atoms with E-state index >= 15 is 0 Å². The van der Waals surface area contributed by atoms with Crippen LogP contribution < -0.4 is 10.6 Å². The fourth-order valence-corrected chi connectivity index (χ4v) is 2.24. The van der Waals surface area contributed by atoms with E-state index in [-0.39, 0.29) is 18.8 Å². The molecule has 0 saturated carbocycles. The van der Waals surface area contributed by atoms with Crippen LogP contribution in [-0.4, -0.2) is 33.2 Å². The summed E-state index contributed by atoms with van der Waals surface area (Å²) in [6.07, 6.45) is 4.97. The third kappa shape index (κ3) is 4.01. The van der Waals surface area contributed by atoms with Gasteiger partial charge >= 0.3 is 5.76 Å². The van der Waals surface area contributed by atoms with E-state index in [2.05, 4.69) is 16.6 Å². The highest BCUT2D eigenvalue weighted by Crippen LogP contribution is 2.25. The maximum atomic E-state index is 12.5. The van der Waals surface area contributed by atoms with E-state index in [9.17, 15) is 22.0 Å². The van der Waals surface area contributed by atoms with Gasteiger partial charge in [0.1, 0.15) is 0 Å². The van der Waals surface area contributed by atoms with Gasteiger partial charge in [0.15, 0.2) is 0 Å². The molecular weight excluding hydrogens is 290 g/mol. The van der Waals surface area contributed by atoms with Crippen LogP contribution in [0.4, 0.5) is 14.5 Å². The van der Waals surface area contributed by atoms with Crippen molar-refractivity contribution in [3.63, 3.8) is 0 Å². The molecule has 0 fully saturated rings. The van der Waals surface area contributed by atoms with Gasteiger partial charge in [0.05, 0.1) is 23.7 Å². The number of carbonyl (C=O) groups is 1. The number of hydrogen-bond acceptors (Lipinski definition) is 4. The summed E-state index contributed by atoms with van der Waals surface area (Å²) in [7, 11) is -4.78. The van der Waals surface area contributed by atoms with Crippen LogP contribution in [0.15, 0.2) is 29.2 Å². The molecule has 8 heteroatoms. The molecule has 0 aliphatic heterocycles. The van der Waals surface area contributed by atoms with Crippen LogP contribution in [0.1, 0.15) is 0 Å². The van der Waals surface area contributed by atoms with Gasteiger partial charge in [0.2, 0.25) is 15.7 Å². The van der Waals surface area contributed by atoms with E-state index in [0.717, 1.165) is 6.07 Å². The first kappa shape index (κ1) is 16.1. The molecule has 1 rings (SSSR count). The second kappa shape index (κ2) is 6.98. The highest BCUT2D eigenvalue weighted by atomic mass is 32.2.